The molecule has 0 aliphatic heterocycles. The minimum Gasteiger partial charge on any atom is -0.624 e. The van der Waals surface area contributed by atoms with Crippen LogP contribution in [0.25, 0.3) is 0 Å². The highest BCUT2D eigenvalue weighted by atomic mass is 16.5. The van der Waals surface area contributed by atoms with Gasteiger partial charge in [0.25, 0.3) is 0 Å². The molecule has 5 heteroatoms. The third-order valence-electron chi connectivity index (χ3n) is 2.02. The van der Waals surface area contributed by atoms with Crippen LogP contribution in [0.5, 0.6) is 17.2 Å². The summed E-state index contributed by atoms with van der Waals surface area (Å²) >= 11 is 0. The molecule has 0 spiro atoms. The fraction of sp³-hybridized carbons (Fsp3) is 0.364. The number of hydrogen-bond donors (Lipinski definition) is 0. The molecule has 0 aliphatic carbocycles. The summed E-state index contributed by atoms with van der Waals surface area (Å²) in [7, 11) is 6.00. The molecule has 1 aromatic carbocycles. The van der Waals surface area contributed by atoms with E-state index in [0.29, 0.717) is 27.6 Å². The van der Waals surface area contributed by atoms with Crippen molar-refractivity contribution in [3.8, 4) is 17.2 Å². The fourth-order valence-corrected chi connectivity index (χ4v) is 1.39. The van der Waals surface area contributed by atoms with Crippen molar-refractivity contribution < 1.29 is 18.9 Å². The van der Waals surface area contributed by atoms with Crippen molar-refractivity contribution in [2.24, 2.45) is 0 Å². The molecular formula is C11H15NO4. The topological polar surface area (TPSA) is 53.8 Å². The number of nitrogens with zero attached hydrogens (tertiary/aromatic N) is 1. The van der Waals surface area contributed by atoms with Gasteiger partial charge in [0.1, 0.15) is 7.05 Å². The molecule has 0 heterocycles. The molecule has 0 saturated carbocycles. The lowest BCUT2D eigenvalue weighted by Gasteiger charge is -2.12. The first-order chi connectivity index (χ1) is 7.62. The third kappa shape index (κ3) is 2.56. The molecule has 1 aromatic rings. The van der Waals surface area contributed by atoms with Gasteiger partial charge >= 0.3 is 0 Å². The molecule has 88 valence electrons. The highest BCUT2D eigenvalue weighted by molar-refractivity contribution is 5.79. The van der Waals surface area contributed by atoms with Gasteiger partial charge in [-0.25, -0.2) is 4.74 Å². The normalized spacial score (nSPS) is 11.1. The summed E-state index contributed by atoms with van der Waals surface area (Å²) in [6.07, 6.45) is 1.42. The number of hydroxylamine groups is 1. The van der Waals surface area contributed by atoms with Crippen LogP contribution in [0, 0.1) is 5.21 Å². The van der Waals surface area contributed by atoms with Crippen molar-refractivity contribution in [1.82, 2.24) is 0 Å². The Kier molecular flexibility index (Phi) is 3.99. The van der Waals surface area contributed by atoms with Gasteiger partial charge in [-0.2, -0.15) is 0 Å². The van der Waals surface area contributed by atoms with E-state index in [0.717, 1.165) is 0 Å². The average molecular weight is 225 g/mol. The highest BCUT2D eigenvalue weighted by Gasteiger charge is 2.13. The van der Waals surface area contributed by atoms with Crippen LogP contribution in [0.2, 0.25) is 0 Å². The molecule has 5 nitrogen and oxygen atoms in total. The molecule has 0 amide bonds. The number of rotatable bonds is 4. The Morgan fingerprint density at radius 1 is 1.06 bits per heavy atom. The van der Waals surface area contributed by atoms with E-state index in [1.165, 1.54) is 34.6 Å². The predicted octanol–water partition coefficient (Wildman–Crippen LogP) is 1.27. The Morgan fingerprint density at radius 2 is 1.56 bits per heavy atom. The van der Waals surface area contributed by atoms with Crippen LogP contribution in [0.3, 0.4) is 0 Å². The van der Waals surface area contributed by atoms with Gasteiger partial charge in [-0.1, -0.05) is 0 Å². The summed E-state index contributed by atoms with van der Waals surface area (Å²) in [5, 5.41) is 10.9. The highest BCUT2D eigenvalue weighted by Crippen LogP contribution is 2.37. The van der Waals surface area contributed by atoms with Crippen LogP contribution in [0.1, 0.15) is 5.56 Å². The van der Waals surface area contributed by atoms with Crippen molar-refractivity contribution in [1.29, 1.82) is 0 Å². The Balaban J connectivity index is 3.31. The molecule has 0 aliphatic rings. The van der Waals surface area contributed by atoms with E-state index >= 15 is 0 Å². The molecule has 0 bridgehead atoms. The summed E-state index contributed by atoms with van der Waals surface area (Å²) < 4.78 is 16.2. The van der Waals surface area contributed by atoms with E-state index in [1.54, 1.807) is 12.1 Å². The van der Waals surface area contributed by atoms with Gasteiger partial charge in [0.2, 0.25) is 5.75 Å². The molecule has 0 atom stereocenters. The molecule has 0 unspecified atom stereocenters. The van der Waals surface area contributed by atoms with Gasteiger partial charge in [0.15, 0.2) is 17.7 Å². The lowest BCUT2D eigenvalue weighted by atomic mass is 10.2. The van der Waals surface area contributed by atoms with E-state index < -0.39 is 0 Å². The fourth-order valence-electron chi connectivity index (χ4n) is 1.39. The summed E-state index contributed by atoms with van der Waals surface area (Å²) in [5.74, 6) is 1.56. The molecule has 0 N–H and O–H groups in total. The first-order valence-corrected chi connectivity index (χ1v) is 4.67. The number of methoxy groups -OCH3 is 3. The van der Waals surface area contributed by atoms with Crippen molar-refractivity contribution in [3.63, 3.8) is 0 Å². The zero-order chi connectivity index (χ0) is 12.1. The van der Waals surface area contributed by atoms with Gasteiger partial charge in [0.05, 0.1) is 21.3 Å². The average Bonchev–Trinajstić information content (AvgIpc) is 2.26. The van der Waals surface area contributed by atoms with Crippen LogP contribution in [-0.2, 0) is 0 Å². The quantitative estimate of drug-likeness (QED) is 0.335. The second-order valence-electron chi connectivity index (χ2n) is 3.13. The van der Waals surface area contributed by atoms with Crippen LogP contribution in [0.15, 0.2) is 12.1 Å². The maximum Gasteiger partial charge on any atom is 0.203 e. The third-order valence-corrected chi connectivity index (χ3v) is 2.02. The smallest absolute Gasteiger partial charge is 0.203 e. The summed E-state index contributed by atoms with van der Waals surface area (Å²) in [4.78, 5) is 0. The molecular weight excluding hydrogens is 210 g/mol. The second-order valence-corrected chi connectivity index (χ2v) is 3.13. The Hall–Kier alpha value is -1.91. The second kappa shape index (κ2) is 5.25. The largest absolute Gasteiger partial charge is 0.624 e. The summed E-state index contributed by atoms with van der Waals surface area (Å²) in [6, 6.07) is 3.41. The monoisotopic (exact) mass is 225 g/mol. The van der Waals surface area contributed by atoms with E-state index in [1.807, 2.05) is 0 Å². The molecule has 0 aromatic heterocycles. The Morgan fingerprint density at radius 3 is 1.88 bits per heavy atom. The number of hydrogen-bond acceptors (Lipinski definition) is 4. The Bertz CT molecular complexity index is 372. The molecule has 0 radical (unpaired) electrons. The van der Waals surface area contributed by atoms with Crippen molar-refractivity contribution >= 4 is 6.21 Å². The molecule has 1 rings (SSSR count). The minimum absolute atomic E-state index is 0.510. The summed E-state index contributed by atoms with van der Waals surface area (Å²) in [6.45, 7) is 0. The van der Waals surface area contributed by atoms with Crippen LogP contribution in [0.4, 0.5) is 0 Å². The minimum atomic E-state index is 0.510. The number of ether oxygens (including phenoxy) is 3. The SMILES string of the molecule is COc1cc(C=[N+](C)[O-])cc(OC)c1OC. The van der Waals surface area contributed by atoms with Crippen LogP contribution >= 0.6 is 0 Å². The van der Waals surface area contributed by atoms with Gasteiger partial charge in [-0.15, -0.1) is 0 Å². The lowest BCUT2D eigenvalue weighted by molar-refractivity contribution is -0.416. The van der Waals surface area contributed by atoms with E-state index in [9.17, 15) is 5.21 Å². The predicted molar refractivity (Wildman–Crippen MR) is 60.8 cm³/mol. The summed E-state index contributed by atoms with van der Waals surface area (Å²) in [5.41, 5.74) is 0.687. The standard InChI is InChI=1S/C11H15NO4/c1-12(13)7-8-5-9(14-2)11(16-4)10(6-8)15-3/h5-7H,1-4H3. The molecule has 0 fully saturated rings. The van der Waals surface area contributed by atoms with E-state index in [4.69, 9.17) is 14.2 Å². The maximum absolute atomic E-state index is 10.9. The van der Waals surface area contributed by atoms with Crippen molar-refractivity contribution in [2.45, 2.75) is 0 Å². The molecule has 0 saturated heterocycles. The Labute approximate surface area is 94.5 Å². The van der Waals surface area contributed by atoms with Gasteiger partial charge in [0, 0.05) is 5.56 Å². The van der Waals surface area contributed by atoms with Crippen LogP contribution in [-0.4, -0.2) is 39.3 Å². The van der Waals surface area contributed by atoms with Crippen LogP contribution < -0.4 is 14.2 Å². The van der Waals surface area contributed by atoms with E-state index in [2.05, 4.69) is 0 Å². The zero-order valence-electron chi connectivity index (χ0n) is 9.81. The zero-order valence-corrected chi connectivity index (χ0v) is 9.81. The van der Waals surface area contributed by atoms with Crippen molar-refractivity contribution in [2.75, 3.05) is 28.4 Å². The van der Waals surface area contributed by atoms with Gasteiger partial charge in [-0.3, -0.25) is 0 Å². The lowest BCUT2D eigenvalue weighted by Crippen LogP contribution is -2.00. The van der Waals surface area contributed by atoms with Gasteiger partial charge in [-0.05, 0) is 12.1 Å². The van der Waals surface area contributed by atoms with Crippen molar-refractivity contribution in [3.05, 3.63) is 22.9 Å². The number of benzene rings is 1. The van der Waals surface area contributed by atoms with E-state index in [-0.39, 0.29) is 0 Å². The first-order valence-electron chi connectivity index (χ1n) is 4.67. The van der Waals surface area contributed by atoms with Gasteiger partial charge < -0.3 is 19.4 Å². The molecule has 16 heavy (non-hydrogen) atoms. The first kappa shape index (κ1) is 12.2. The maximum atomic E-state index is 10.9.